The number of ether oxygens (including phenoxy) is 1. The van der Waals surface area contributed by atoms with Crippen molar-refractivity contribution >= 4 is 23.4 Å². The Labute approximate surface area is 94.4 Å². The van der Waals surface area contributed by atoms with Crippen molar-refractivity contribution in [1.29, 1.82) is 0 Å². The molecule has 0 atom stereocenters. The molecule has 2 N–H and O–H groups in total. The molecule has 1 fully saturated rings. The fourth-order valence-electron chi connectivity index (χ4n) is 1.40. The molecule has 0 aromatic rings. The van der Waals surface area contributed by atoms with Crippen molar-refractivity contribution in [1.82, 2.24) is 10.2 Å². The Hall–Kier alpha value is -0.880. The lowest BCUT2D eigenvalue weighted by Gasteiger charge is -2.31. The van der Waals surface area contributed by atoms with E-state index in [0.717, 1.165) is 0 Å². The first-order valence-corrected chi connectivity index (χ1v) is 5.45. The van der Waals surface area contributed by atoms with Crippen molar-refractivity contribution in [3.63, 3.8) is 0 Å². The molecule has 1 aliphatic heterocycles. The van der Waals surface area contributed by atoms with Crippen molar-refractivity contribution in [2.75, 3.05) is 19.7 Å². The van der Waals surface area contributed by atoms with E-state index in [-0.39, 0.29) is 6.10 Å². The van der Waals surface area contributed by atoms with Crippen LogP contribution in [0.4, 0.5) is 4.79 Å². The molecular formula is C9H16N2O3S. The van der Waals surface area contributed by atoms with Crippen molar-refractivity contribution in [3.05, 3.63) is 0 Å². The standard InChI is InChI=1S/C9H16N2O3S/c1-2-14-9(13)10-8(15)11-5-3-7(12)4-6-11/h7,12H,2-6H2,1H3,(H,10,13,15). The highest BCUT2D eigenvalue weighted by molar-refractivity contribution is 7.80. The van der Waals surface area contributed by atoms with Gasteiger partial charge in [-0.2, -0.15) is 0 Å². The molecule has 15 heavy (non-hydrogen) atoms. The molecule has 0 unspecified atom stereocenters. The number of likely N-dealkylation sites (tertiary alicyclic amines) is 1. The molecule has 0 aliphatic carbocycles. The fourth-order valence-corrected chi connectivity index (χ4v) is 1.67. The van der Waals surface area contributed by atoms with Crippen molar-refractivity contribution in [3.8, 4) is 0 Å². The molecule has 86 valence electrons. The minimum absolute atomic E-state index is 0.244. The predicted octanol–water partition coefficient (Wildman–Crippen LogP) is 0.474. The topological polar surface area (TPSA) is 61.8 Å². The summed E-state index contributed by atoms with van der Waals surface area (Å²) in [6.07, 6.45) is 0.607. The van der Waals surface area contributed by atoms with Gasteiger partial charge in [-0.15, -0.1) is 0 Å². The minimum atomic E-state index is -0.520. The lowest BCUT2D eigenvalue weighted by molar-refractivity contribution is 0.108. The summed E-state index contributed by atoms with van der Waals surface area (Å²) in [7, 11) is 0. The number of hydrogen-bond donors (Lipinski definition) is 2. The van der Waals surface area contributed by atoms with E-state index in [0.29, 0.717) is 37.7 Å². The van der Waals surface area contributed by atoms with Gasteiger partial charge in [-0.1, -0.05) is 0 Å². The first-order chi connectivity index (χ1) is 7.13. The van der Waals surface area contributed by atoms with Gasteiger partial charge in [0.15, 0.2) is 5.11 Å². The van der Waals surface area contributed by atoms with E-state index in [1.165, 1.54) is 0 Å². The molecule has 1 saturated heterocycles. The lowest BCUT2D eigenvalue weighted by Crippen LogP contribution is -2.47. The molecule has 6 heteroatoms. The highest BCUT2D eigenvalue weighted by Gasteiger charge is 2.20. The molecule has 0 aromatic carbocycles. The summed E-state index contributed by atoms with van der Waals surface area (Å²) in [5.74, 6) is 0. The molecule has 0 aromatic heterocycles. The number of aliphatic hydroxyl groups excluding tert-OH is 1. The highest BCUT2D eigenvalue weighted by Crippen LogP contribution is 2.09. The summed E-state index contributed by atoms with van der Waals surface area (Å²) in [6, 6.07) is 0. The van der Waals surface area contributed by atoms with Crippen molar-refractivity contribution in [2.45, 2.75) is 25.9 Å². The smallest absolute Gasteiger partial charge is 0.413 e. The van der Waals surface area contributed by atoms with E-state index in [1.807, 2.05) is 4.90 Å². The fraction of sp³-hybridized carbons (Fsp3) is 0.778. The third-order valence-electron chi connectivity index (χ3n) is 2.24. The maximum atomic E-state index is 11.1. The summed E-state index contributed by atoms with van der Waals surface area (Å²) >= 11 is 5.04. The average Bonchev–Trinajstić information content (AvgIpc) is 2.18. The second-order valence-electron chi connectivity index (χ2n) is 3.37. The summed E-state index contributed by atoms with van der Waals surface area (Å²) in [5, 5.41) is 12.1. The number of carbonyl (C=O) groups is 1. The molecule has 1 rings (SSSR count). The van der Waals surface area contributed by atoms with Crippen LogP contribution < -0.4 is 5.32 Å². The van der Waals surface area contributed by atoms with Crippen molar-refractivity contribution < 1.29 is 14.6 Å². The maximum absolute atomic E-state index is 11.1. The Morgan fingerprint density at radius 1 is 1.60 bits per heavy atom. The minimum Gasteiger partial charge on any atom is -0.450 e. The number of thiocarbonyl (C=S) groups is 1. The average molecular weight is 232 g/mol. The maximum Gasteiger partial charge on any atom is 0.413 e. The van der Waals surface area contributed by atoms with Gasteiger partial charge in [-0.3, -0.25) is 5.32 Å². The van der Waals surface area contributed by atoms with E-state index in [1.54, 1.807) is 6.92 Å². The van der Waals surface area contributed by atoms with Crippen LogP contribution in [-0.4, -0.2) is 47.0 Å². The van der Waals surface area contributed by atoms with Gasteiger partial charge in [0.05, 0.1) is 12.7 Å². The summed E-state index contributed by atoms with van der Waals surface area (Å²) in [4.78, 5) is 12.9. The number of alkyl carbamates (subject to hydrolysis) is 1. The zero-order valence-electron chi connectivity index (χ0n) is 8.73. The first-order valence-electron chi connectivity index (χ1n) is 5.04. The Morgan fingerprint density at radius 2 is 2.20 bits per heavy atom. The number of amides is 1. The quantitative estimate of drug-likeness (QED) is 0.644. The summed E-state index contributed by atoms with van der Waals surface area (Å²) < 4.78 is 4.71. The van der Waals surface area contributed by atoms with Crippen LogP contribution in [0.3, 0.4) is 0 Å². The normalized spacial score (nSPS) is 17.3. The van der Waals surface area contributed by atoms with Crippen molar-refractivity contribution in [2.24, 2.45) is 0 Å². The van der Waals surface area contributed by atoms with Gasteiger partial charge in [0.1, 0.15) is 0 Å². The molecule has 0 saturated carbocycles. The van der Waals surface area contributed by atoms with Crippen LogP contribution in [0.5, 0.6) is 0 Å². The Balaban J connectivity index is 2.31. The van der Waals surface area contributed by atoms with E-state index in [2.05, 4.69) is 5.32 Å². The zero-order chi connectivity index (χ0) is 11.3. The monoisotopic (exact) mass is 232 g/mol. The molecule has 1 heterocycles. The van der Waals surface area contributed by atoms with Gasteiger partial charge in [-0.25, -0.2) is 4.79 Å². The molecule has 5 nitrogen and oxygen atoms in total. The van der Waals surface area contributed by atoms with E-state index >= 15 is 0 Å². The zero-order valence-corrected chi connectivity index (χ0v) is 9.55. The Kier molecular flexibility index (Phi) is 4.77. The van der Waals surface area contributed by atoms with Crippen LogP contribution >= 0.6 is 12.2 Å². The summed E-state index contributed by atoms with van der Waals surface area (Å²) in [6.45, 7) is 3.41. The largest absolute Gasteiger partial charge is 0.450 e. The van der Waals surface area contributed by atoms with Gasteiger partial charge >= 0.3 is 6.09 Å². The number of nitrogens with one attached hydrogen (secondary N) is 1. The number of aliphatic hydroxyl groups is 1. The highest BCUT2D eigenvalue weighted by atomic mass is 32.1. The SMILES string of the molecule is CCOC(=O)NC(=S)N1CCC(O)CC1. The number of rotatable bonds is 1. The number of carbonyl (C=O) groups excluding carboxylic acids is 1. The van der Waals surface area contributed by atoms with Gasteiger partial charge in [0, 0.05) is 13.1 Å². The number of nitrogens with zero attached hydrogens (tertiary/aromatic N) is 1. The third kappa shape index (κ3) is 4.01. The Bertz CT molecular complexity index is 240. The lowest BCUT2D eigenvalue weighted by atomic mass is 10.1. The molecule has 1 amide bonds. The van der Waals surface area contributed by atoms with E-state index < -0.39 is 6.09 Å². The van der Waals surface area contributed by atoms with Crippen LogP contribution in [0, 0.1) is 0 Å². The van der Waals surface area contributed by atoms with Crippen LogP contribution in [0.1, 0.15) is 19.8 Å². The van der Waals surface area contributed by atoms with E-state index in [9.17, 15) is 9.90 Å². The van der Waals surface area contributed by atoms with Crippen LogP contribution in [0.15, 0.2) is 0 Å². The molecule has 0 bridgehead atoms. The second-order valence-corrected chi connectivity index (χ2v) is 3.76. The molecular weight excluding hydrogens is 216 g/mol. The molecule has 1 aliphatic rings. The van der Waals surface area contributed by atoms with Gasteiger partial charge in [-0.05, 0) is 32.0 Å². The van der Waals surface area contributed by atoms with Crippen LogP contribution in [0.2, 0.25) is 0 Å². The second kappa shape index (κ2) is 5.87. The molecule has 0 radical (unpaired) electrons. The summed E-state index contributed by atoms with van der Waals surface area (Å²) in [5.41, 5.74) is 0. The molecule has 0 spiro atoms. The van der Waals surface area contributed by atoms with Crippen LogP contribution in [0.25, 0.3) is 0 Å². The Morgan fingerprint density at radius 3 is 2.73 bits per heavy atom. The number of hydrogen-bond acceptors (Lipinski definition) is 4. The van der Waals surface area contributed by atoms with E-state index in [4.69, 9.17) is 17.0 Å². The van der Waals surface area contributed by atoms with Crippen LogP contribution in [-0.2, 0) is 4.74 Å². The first kappa shape index (κ1) is 12.2. The number of piperidine rings is 1. The predicted molar refractivity (Wildman–Crippen MR) is 59.6 cm³/mol. The van der Waals surface area contributed by atoms with Gasteiger partial charge < -0.3 is 14.7 Å². The van der Waals surface area contributed by atoms with Gasteiger partial charge in [0.25, 0.3) is 0 Å². The third-order valence-corrected chi connectivity index (χ3v) is 2.60. The van der Waals surface area contributed by atoms with Gasteiger partial charge in [0.2, 0.25) is 0 Å².